The summed E-state index contributed by atoms with van der Waals surface area (Å²) in [5.74, 6) is 1.32. The maximum Gasteiger partial charge on any atom is 0.262 e. The summed E-state index contributed by atoms with van der Waals surface area (Å²) in [6.45, 7) is 5.35. The molecule has 3 aromatic rings. The third-order valence-electron chi connectivity index (χ3n) is 5.44. The Kier molecular flexibility index (Phi) is 7.06. The van der Waals surface area contributed by atoms with E-state index in [0.717, 1.165) is 24.2 Å². The SMILES string of the molecule is CC(C)CCn1c(SCC(=O)NC2CCOc3ccccc32)nc2cc(Cl)ccc2c1=O. The Balaban J connectivity index is 1.53. The van der Waals surface area contributed by atoms with Gasteiger partial charge in [-0.05, 0) is 36.6 Å². The number of carbonyl (C=O) groups is 1. The molecule has 2 heterocycles. The van der Waals surface area contributed by atoms with Gasteiger partial charge >= 0.3 is 0 Å². The lowest BCUT2D eigenvalue weighted by Gasteiger charge is -2.26. The first kappa shape index (κ1) is 22.7. The number of hydrogen-bond acceptors (Lipinski definition) is 5. The molecule has 1 aliphatic rings. The van der Waals surface area contributed by atoms with Crippen molar-refractivity contribution in [2.45, 2.75) is 44.4 Å². The van der Waals surface area contributed by atoms with Gasteiger partial charge in [-0.1, -0.05) is 55.4 Å². The van der Waals surface area contributed by atoms with Crippen LogP contribution in [-0.4, -0.2) is 27.8 Å². The molecule has 1 N–H and O–H groups in total. The van der Waals surface area contributed by atoms with Crippen LogP contribution in [0.4, 0.5) is 0 Å². The summed E-state index contributed by atoms with van der Waals surface area (Å²) < 4.78 is 7.35. The van der Waals surface area contributed by atoms with Crippen molar-refractivity contribution in [3.05, 3.63) is 63.4 Å². The van der Waals surface area contributed by atoms with E-state index in [1.165, 1.54) is 11.8 Å². The van der Waals surface area contributed by atoms with Gasteiger partial charge in [0.1, 0.15) is 5.75 Å². The van der Waals surface area contributed by atoms with Gasteiger partial charge in [-0.15, -0.1) is 0 Å². The van der Waals surface area contributed by atoms with Gasteiger partial charge in [0.15, 0.2) is 5.16 Å². The molecule has 4 rings (SSSR count). The van der Waals surface area contributed by atoms with Crippen molar-refractivity contribution in [1.82, 2.24) is 14.9 Å². The Morgan fingerprint density at radius 1 is 1.31 bits per heavy atom. The van der Waals surface area contributed by atoms with Crippen LogP contribution in [0, 0.1) is 5.92 Å². The van der Waals surface area contributed by atoms with Crippen LogP contribution >= 0.6 is 23.4 Å². The van der Waals surface area contributed by atoms with Crippen molar-refractivity contribution < 1.29 is 9.53 Å². The molecule has 8 heteroatoms. The monoisotopic (exact) mass is 471 g/mol. The summed E-state index contributed by atoms with van der Waals surface area (Å²) in [5, 5.41) is 4.69. The third kappa shape index (κ3) is 5.10. The largest absolute Gasteiger partial charge is 0.493 e. The van der Waals surface area contributed by atoms with E-state index >= 15 is 0 Å². The predicted molar refractivity (Wildman–Crippen MR) is 129 cm³/mol. The summed E-state index contributed by atoms with van der Waals surface area (Å²) >= 11 is 7.39. The first-order chi connectivity index (χ1) is 15.4. The van der Waals surface area contributed by atoms with Gasteiger partial charge in [-0.3, -0.25) is 14.2 Å². The summed E-state index contributed by atoms with van der Waals surface area (Å²) in [6.07, 6.45) is 1.57. The second kappa shape index (κ2) is 9.96. The van der Waals surface area contributed by atoms with E-state index in [9.17, 15) is 9.59 Å². The highest BCUT2D eigenvalue weighted by molar-refractivity contribution is 7.99. The lowest BCUT2D eigenvalue weighted by atomic mass is 10.0. The maximum atomic E-state index is 13.1. The second-order valence-electron chi connectivity index (χ2n) is 8.28. The van der Waals surface area contributed by atoms with Crippen molar-refractivity contribution >= 4 is 40.2 Å². The average molecular weight is 472 g/mol. The minimum Gasteiger partial charge on any atom is -0.493 e. The Morgan fingerprint density at radius 3 is 2.94 bits per heavy atom. The number of nitrogens with one attached hydrogen (secondary N) is 1. The number of rotatable bonds is 7. The van der Waals surface area contributed by atoms with Crippen molar-refractivity contribution in [2.75, 3.05) is 12.4 Å². The summed E-state index contributed by atoms with van der Waals surface area (Å²) in [6, 6.07) is 12.8. The number of hydrogen-bond donors (Lipinski definition) is 1. The summed E-state index contributed by atoms with van der Waals surface area (Å²) in [4.78, 5) is 30.6. The average Bonchev–Trinajstić information content (AvgIpc) is 2.77. The molecular formula is C24H26ClN3O3S. The number of fused-ring (bicyclic) bond motifs is 2. The lowest BCUT2D eigenvalue weighted by molar-refractivity contribution is -0.119. The first-order valence-electron chi connectivity index (χ1n) is 10.8. The van der Waals surface area contributed by atoms with Crippen LogP contribution in [0.1, 0.15) is 38.3 Å². The quantitative estimate of drug-likeness (QED) is 0.394. The summed E-state index contributed by atoms with van der Waals surface area (Å²) in [7, 11) is 0. The molecule has 0 saturated heterocycles. The van der Waals surface area contributed by atoms with Crippen LogP contribution in [0.3, 0.4) is 0 Å². The third-order valence-corrected chi connectivity index (χ3v) is 6.65. The molecule has 2 aromatic carbocycles. The van der Waals surface area contributed by atoms with Gasteiger partial charge in [0.25, 0.3) is 5.56 Å². The Hall–Kier alpha value is -2.51. The predicted octanol–water partition coefficient (Wildman–Crippen LogP) is 4.83. The smallest absolute Gasteiger partial charge is 0.262 e. The van der Waals surface area contributed by atoms with Crippen LogP contribution in [0.2, 0.25) is 5.02 Å². The normalized spacial score (nSPS) is 15.4. The van der Waals surface area contributed by atoms with Crippen molar-refractivity contribution in [3.8, 4) is 5.75 Å². The van der Waals surface area contributed by atoms with E-state index in [-0.39, 0.29) is 23.3 Å². The number of thioether (sulfide) groups is 1. The zero-order valence-electron chi connectivity index (χ0n) is 18.1. The number of amides is 1. The molecular weight excluding hydrogens is 446 g/mol. The van der Waals surface area contributed by atoms with E-state index in [4.69, 9.17) is 16.3 Å². The molecule has 0 saturated carbocycles. The maximum absolute atomic E-state index is 13.1. The van der Waals surface area contributed by atoms with Crippen LogP contribution in [0.5, 0.6) is 5.75 Å². The Morgan fingerprint density at radius 2 is 2.12 bits per heavy atom. The number of ether oxygens (including phenoxy) is 1. The highest BCUT2D eigenvalue weighted by atomic mass is 35.5. The molecule has 0 fully saturated rings. The fourth-order valence-electron chi connectivity index (χ4n) is 3.73. The molecule has 1 atom stereocenters. The molecule has 0 radical (unpaired) electrons. The minimum absolute atomic E-state index is 0.0837. The number of benzene rings is 2. The van der Waals surface area contributed by atoms with E-state index in [1.54, 1.807) is 22.8 Å². The summed E-state index contributed by atoms with van der Waals surface area (Å²) in [5.41, 5.74) is 1.43. The van der Waals surface area contributed by atoms with Crippen LogP contribution in [-0.2, 0) is 11.3 Å². The van der Waals surface area contributed by atoms with Crippen molar-refractivity contribution in [3.63, 3.8) is 0 Å². The topological polar surface area (TPSA) is 73.2 Å². The number of halogens is 1. The molecule has 1 aromatic heterocycles. The van der Waals surface area contributed by atoms with E-state index < -0.39 is 0 Å². The molecule has 1 amide bonds. The molecule has 168 valence electrons. The van der Waals surface area contributed by atoms with Gasteiger partial charge in [0.05, 0.1) is 29.3 Å². The van der Waals surface area contributed by atoms with Crippen LogP contribution in [0.25, 0.3) is 10.9 Å². The zero-order valence-corrected chi connectivity index (χ0v) is 19.7. The number of para-hydroxylation sites is 1. The number of aromatic nitrogens is 2. The highest BCUT2D eigenvalue weighted by Gasteiger charge is 2.23. The van der Waals surface area contributed by atoms with Crippen molar-refractivity contribution in [1.29, 1.82) is 0 Å². The standard InChI is InChI=1S/C24H26ClN3O3S/c1-15(2)9-11-28-23(30)18-8-7-16(25)13-20(18)27-24(28)32-14-22(29)26-19-10-12-31-21-6-4-3-5-17(19)21/h3-8,13,15,19H,9-12,14H2,1-2H3,(H,26,29). The zero-order chi connectivity index (χ0) is 22.7. The second-order valence-corrected chi connectivity index (χ2v) is 9.66. The molecule has 0 bridgehead atoms. The van der Waals surface area contributed by atoms with Gasteiger partial charge < -0.3 is 10.1 Å². The molecule has 1 unspecified atom stereocenters. The molecule has 1 aliphatic heterocycles. The van der Waals surface area contributed by atoms with E-state index in [2.05, 4.69) is 24.1 Å². The molecule has 0 spiro atoms. The molecule has 6 nitrogen and oxygen atoms in total. The minimum atomic E-state index is -0.104. The van der Waals surface area contributed by atoms with Crippen LogP contribution < -0.4 is 15.6 Å². The fourth-order valence-corrected chi connectivity index (χ4v) is 4.73. The molecule has 0 aliphatic carbocycles. The Labute approximate surface area is 196 Å². The van der Waals surface area contributed by atoms with Gasteiger partial charge in [0.2, 0.25) is 5.91 Å². The van der Waals surface area contributed by atoms with E-state index in [0.29, 0.717) is 40.2 Å². The van der Waals surface area contributed by atoms with Gasteiger partial charge in [-0.2, -0.15) is 0 Å². The lowest BCUT2D eigenvalue weighted by Crippen LogP contribution is -2.33. The van der Waals surface area contributed by atoms with Crippen molar-refractivity contribution in [2.24, 2.45) is 5.92 Å². The fraction of sp³-hybridized carbons (Fsp3) is 0.375. The Bertz CT molecular complexity index is 1190. The van der Waals surface area contributed by atoms with Gasteiger partial charge in [-0.25, -0.2) is 4.98 Å². The number of nitrogens with zero attached hydrogens (tertiary/aromatic N) is 2. The highest BCUT2D eigenvalue weighted by Crippen LogP contribution is 2.31. The first-order valence-corrected chi connectivity index (χ1v) is 12.1. The van der Waals surface area contributed by atoms with E-state index in [1.807, 2.05) is 24.3 Å². The number of carbonyl (C=O) groups excluding carboxylic acids is 1. The van der Waals surface area contributed by atoms with Crippen LogP contribution in [0.15, 0.2) is 52.4 Å². The molecule has 32 heavy (non-hydrogen) atoms. The van der Waals surface area contributed by atoms with Gasteiger partial charge in [0, 0.05) is 23.6 Å².